The van der Waals surface area contributed by atoms with Gasteiger partial charge >= 0.3 is 0 Å². The van der Waals surface area contributed by atoms with Crippen LogP contribution in [0.25, 0.3) is 0 Å². The van der Waals surface area contributed by atoms with Crippen LogP contribution in [0.2, 0.25) is 0 Å². The molecule has 0 aliphatic heterocycles. The predicted molar refractivity (Wildman–Crippen MR) is 71.2 cm³/mol. The summed E-state index contributed by atoms with van der Waals surface area (Å²) in [7, 11) is 1.00. The molecule has 1 rings (SSSR count). The minimum Gasteiger partial charge on any atom is -0.400 e. The lowest BCUT2D eigenvalue weighted by molar-refractivity contribution is -0.110. The van der Waals surface area contributed by atoms with E-state index in [1.165, 1.54) is 0 Å². The average molecular weight is 252 g/mol. The van der Waals surface area contributed by atoms with E-state index >= 15 is 0 Å². The van der Waals surface area contributed by atoms with Crippen LogP contribution in [0.4, 0.5) is 5.69 Å². The highest BCUT2D eigenvalue weighted by Gasteiger charge is 2.15. The number of nitrogens with two attached hydrogens (primary N) is 1. The number of aliphatic hydroxyl groups excluding tert-OH is 1. The zero-order valence-corrected chi connectivity index (χ0v) is 10.9. The van der Waals surface area contributed by atoms with Gasteiger partial charge in [-0.05, 0) is 30.2 Å². The SMILES string of the molecule is CC(C)C(C=O)NC(=O)c1ccc(N)cc1.CO. The van der Waals surface area contributed by atoms with Gasteiger partial charge in [0.05, 0.1) is 6.04 Å². The van der Waals surface area contributed by atoms with Gasteiger partial charge in [0.15, 0.2) is 0 Å². The van der Waals surface area contributed by atoms with Crippen LogP contribution in [-0.4, -0.2) is 30.5 Å². The third kappa shape index (κ3) is 4.97. The lowest BCUT2D eigenvalue weighted by Gasteiger charge is -2.16. The largest absolute Gasteiger partial charge is 0.400 e. The molecule has 0 saturated heterocycles. The van der Waals surface area contributed by atoms with Gasteiger partial charge in [-0.2, -0.15) is 0 Å². The monoisotopic (exact) mass is 252 g/mol. The summed E-state index contributed by atoms with van der Waals surface area (Å²) >= 11 is 0. The maximum absolute atomic E-state index is 11.7. The minimum atomic E-state index is -0.454. The Hall–Kier alpha value is -1.88. The van der Waals surface area contributed by atoms with Gasteiger partial charge < -0.3 is 21.0 Å². The lowest BCUT2D eigenvalue weighted by Crippen LogP contribution is -2.39. The summed E-state index contributed by atoms with van der Waals surface area (Å²) in [6.07, 6.45) is 0.750. The molecule has 0 saturated carbocycles. The van der Waals surface area contributed by atoms with E-state index in [-0.39, 0.29) is 11.8 Å². The molecule has 0 aliphatic rings. The highest BCUT2D eigenvalue weighted by molar-refractivity contribution is 5.95. The van der Waals surface area contributed by atoms with Gasteiger partial charge in [0.2, 0.25) is 0 Å². The van der Waals surface area contributed by atoms with Crippen molar-refractivity contribution in [3.63, 3.8) is 0 Å². The fourth-order valence-electron chi connectivity index (χ4n) is 1.23. The summed E-state index contributed by atoms with van der Waals surface area (Å²) in [6, 6.07) is 6.12. The zero-order valence-electron chi connectivity index (χ0n) is 10.9. The highest BCUT2D eigenvalue weighted by Crippen LogP contribution is 2.06. The molecule has 0 fully saturated rings. The van der Waals surface area contributed by atoms with Crippen LogP contribution < -0.4 is 11.1 Å². The lowest BCUT2D eigenvalue weighted by atomic mass is 10.1. The van der Waals surface area contributed by atoms with Crippen molar-refractivity contribution in [1.82, 2.24) is 5.32 Å². The molecule has 1 aromatic rings. The van der Waals surface area contributed by atoms with E-state index < -0.39 is 6.04 Å². The van der Waals surface area contributed by atoms with Crippen molar-refractivity contribution in [2.75, 3.05) is 12.8 Å². The molecule has 100 valence electrons. The standard InChI is InChI=1S/C12H16N2O2.CH4O/c1-8(2)11(7-15)14-12(16)9-3-5-10(13)6-4-9;1-2/h3-8,11H,13H2,1-2H3,(H,14,16);2H,1H3. The van der Waals surface area contributed by atoms with Gasteiger partial charge in [-0.15, -0.1) is 0 Å². The Morgan fingerprint density at radius 3 is 2.17 bits per heavy atom. The maximum Gasteiger partial charge on any atom is 0.251 e. The average Bonchev–Trinajstić information content (AvgIpc) is 2.38. The zero-order chi connectivity index (χ0) is 14.1. The molecule has 4 N–H and O–H groups in total. The van der Waals surface area contributed by atoms with Crippen molar-refractivity contribution >= 4 is 17.9 Å². The Bertz CT molecular complexity index is 374. The number of rotatable bonds is 4. The molecule has 0 radical (unpaired) electrons. The quantitative estimate of drug-likeness (QED) is 0.546. The van der Waals surface area contributed by atoms with Gasteiger partial charge in [-0.3, -0.25) is 4.79 Å². The number of hydrogen-bond acceptors (Lipinski definition) is 4. The Kier molecular flexibility index (Phi) is 7.38. The first kappa shape index (κ1) is 16.1. The maximum atomic E-state index is 11.7. The van der Waals surface area contributed by atoms with E-state index in [2.05, 4.69) is 5.32 Å². The minimum absolute atomic E-state index is 0.0789. The number of amides is 1. The molecule has 0 heterocycles. The molecule has 1 aromatic carbocycles. The van der Waals surface area contributed by atoms with Crippen LogP contribution in [0, 0.1) is 5.92 Å². The molecule has 5 nitrogen and oxygen atoms in total. The predicted octanol–water partition coefficient (Wildman–Crippen LogP) is 0.831. The molecule has 1 atom stereocenters. The van der Waals surface area contributed by atoms with E-state index in [0.29, 0.717) is 11.3 Å². The van der Waals surface area contributed by atoms with Crippen molar-refractivity contribution in [2.45, 2.75) is 19.9 Å². The molecule has 0 aromatic heterocycles. The first-order valence-corrected chi connectivity index (χ1v) is 5.61. The molecule has 1 unspecified atom stereocenters. The third-order valence-electron chi connectivity index (χ3n) is 2.34. The van der Waals surface area contributed by atoms with Crippen molar-refractivity contribution in [3.8, 4) is 0 Å². The second kappa shape index (κ2) is 8.25. The van der Waals surface area contributed by atoms with Crippen molar-refractivity contribution < 1.29 is 14.7 Å². The number of benzene rings is 1. The van der Waals surface area contributed by atoms with Gasteiger partial charge in [0, 0.05) is 18.4 Å². The van der Waals surface area contributed by atoms with Crippen LogP contribution in [-0.2, 0) is 4.79 Å². The molecule has 0 aliphatic carbocycles. The molecular formula is C13H20N2O3. The number of aliphatic hydroxyl groups is 1. The van der Waals surface area contributed by atoms with E-state index in [4.69, 9.17) is 10.8 Å². The smallest absolute Gasteiger partial charge is 0.251 e. The Labute approximate surface area is 107 Å². The topological polar surface area (TPSA) is 92.4 Å². The summed E-state index contributed by atoms with van der Waals surface area (Å²) in [5.41, 5.74) is 6.62. The summed E-state index contributed by atoms with van der Waals surface area (Å²) < 4.78 is 0. The molecule has 1 amide bonds. The van der Waals surface area contributed by atoms with Crippen molar-refractivity contribution in [3.05, 3.63) is 29.8 Å². The number of hydrogen-bond donors (Lipinski definition) is 3. The van der Waals surface area contributed by atoms with Gasteiger partial charge in [0.25, 0.3) is 5.91 Å². The molecule has 0 bridgehead atoms. The molecule has 0 spiro atoms. The van der Waals surface area contributed by atoms with Gasteiger partial charge in [0.1, 0.15) is 6.29 Å². The van der Waals surface area contributed by atoms with Gasteiger partial charge in [-0.1, -0.05) is 13.8 Å². The second-order valence-electron chi connectivity index (χ2n) is 4.00. The molecular weight excluding hydrogens is 232 g/mol. The van der Waals surface area contributed by atoms with E-state index in [1.54, 1.807) is 24.3 Å². The number of nitrogen functional groups attached to an aromatic ring is 1. The highest BCUT2D eigenvalue weighted by atomic mass is 16.2. The van der Waals surface area contributed by atoms with Crippen LogP contribution in [0.5, 0.6) is 0 Å². The Morgan fingerprint density at radius 2 is 1.78 bits per heavy atom. The second-order valence-corrected chi connectivity index (χ2v) is 4.00. The van der Waals surface area contributed by atoms with Crippen LogP contribution in [0.3, 0.4) is 0 Å². The Balaban J connectivity index is 0.00000137. The number of nitrogens with one attached hydrogen (secondary N) is 1. The van der Waals surface area contributed by atoms with Crippen molar-refractivity contribution in [2.24, 2.45) is 5.92 Å². The first-order valence-electron chi connectivity index (χ1n) is 5.61. The van der Waals surface area contributed by atoms with E-state index in [0.717, 1.165) is 13.4 Å². The summed E-state index contributed by atoms with van der Waals surface area (Å²) in [5.74, 6) is -0.180. The number of anilines is 1. The first-order chi connectivity index (χ1) is 8.54. The number of carbonyl (C=O) groups is 2. The van der Waals surface area contributed by atoms with Gasteiger partial charge in [-0.25, -0.2) is 0 Å². The fraction of sp³-hybridized carbons (Fsp3) is 0.385. The van der Waals surface area contributed by atoms with Crippen molar-refractivity contribution in [1.29, 1.82) is 0 Å². The normalized spacial score (nSPS) is 11.2. The number of carbonyl (C=O) groups excluding carboxylic acids is 2. The summed E-state index contributed by atoms with van der Waals surface area (Å²) in [6.45, 7) is 3.75. The molecule has 18 heavy (non-hydrogen) atoms. The number of aldehydes is 1. The summed E-state index contributed by atoms with van der Waals surface area (Å²) in [5, 5.41) is 9.65. The summed E-state index contributed by atoms with van der Waals surface area (Å²) in [4.78, 5) is 22.5. The fourth-order valence-corrected chi connectivity index (χ4v) is 1.23. The van der Waals surface area contributed by atoms with Crippen LogP contribution in [0.15, 0.2) is 24.3 Å². The molecule has 5 heteroatoms. The van der Waals surface area contributed by atoms with Crippen LogP contribution >= 0.6 is 0 Å². The Morgan fingerprint density at radius 1 is 1.28 bits per heavy atom. The van der Waals surface area contributed by atoms with E-state index in [1.807, 2.05) is 13.8 Å². The van der Waals surface area contributed by atoms with E-state index in [9.17, 15) is 9.59 Å². The third-order valence-corrected chi connectivity index (χ3v) is 2.34. The van der Waals surface area contributed by atoms with Crippen LogP contribution in [0.1, 0.15) is 24.2 Å².